The van der Waals surface area contributed by atoms with Gasteiger partial charge < -0.3 is 9.64 Å². The average molecular weight is 576 g/mol. The van der Waals surface area contributed by atoms with E-state index in [9.17, 15) is 35.5 Å². The number of halogens is 8. The van der Waals surface area contributed by atoms with Gasteiger partial charge in [-0.2, -0.15) is 27.1 Å². The fourth-order valence-electron chi connectivity index (χ4n) is 4.42. The summed E-state index contributed by atoms with van der Waals surface area (Å²) in [6.07, 6.45) is -5.59. The molecule has 2 aromatic carbocycles. The number of hydrogen-bond donors (Lipinski definition) is 0. The van der Waals surface area contributed by atoms with Gasteiger partial charge in [0.05, 0.1) is 11.7 Å². The van der Waals surface area contributed by atoms with Gasteiger partial charge in [-0.3, -0.25) is 5.01 Å². The van der Waals surface area contributed by atoms with E-state index < -0.39 is 65.1 Å². The number of anilines is 1. The van der Waals surface area contributed by atoms with Crippen molar-refractivity contribution in [2.75, 3.05) is 18.1 Å². The second-order valence-corrected chi connectivity index (χ2v) is 10.4. The van der Waals surface area contributed by atoms with E-state index in [1.54, 1.807) is 26.8 Å². The number of rotatable bonds is 4. The topological polar surface area (TPSA) is 45.1 Å². The van der Waals surface area contributed by atoms with Gasteiger partial charge in [0.2, 0.25) is 0 Å². The Morgan fingerprint density at radius 2 is 1.68 bits per heavy atom. The number of alkyl halides is 5. The van der Waals surface area contributed by atoms with Crippen LogP contribution in [0.2, 0.25) is 0 Å². The highest BCUT2D eigenvalue weighted by atomic mass is 19.4. The van der Waals surface area contributed by atoms with E-state index in [-0.39, 0.29) is 18.7 Å². The molecule has 2 heterocycles. The van der Waals surface area contributed by atoms with Crippen molar-refractivity contribution in [1.29, 1.82) is 0 Å². The normalized spacial score (nSPS) is 18.5. The van der Waals surface area contributed by atoms with E-state index in [0.29, 0.717) is 28.6 Å². The van der Waals surface area contributed by atoms with Crippen LogP contribution >= 0.6 is 0 Å². The zero-order chi connectivity index (χ0) is 29.6. The average Bonchev–Trinajstić information content (AvgIpc) is 3.28. The van der Waals surface area contributed by atoms with Crippen molar-refractivity contribution in [1.82, 2.24) is 4.90 Å². The molecule has 0 radical (unpaired) electrons. The number of amides is 1. The van der Waals surface area contributed by atoms with Gasteiger partial charge in [-0.1, -0.05) is 12.1 Å². The molecule has 0 bridgehead atoms. The first kappa shape index (κ1) is 29.3. The molecule has 0 N–H and O–H groups in total. The van der Waals surface area contributed by atoms with Crippen LogP contribution in [0.25, 0.3) is 5.57 Å². The zero-order valence-corrected chi connectivity index (χ0v) is 21.6. The summed E-state index contributed by atoms with van der Waals surface area (Å²) in [5.41, 5.74) is -2.16. The number of benzene rings is 2. The summed E-state index contributed by atoms with van der Waals surface area (Å²) in [6.45, 7) is 5.59. The number of ether oxygens (including phenoxy) is 1. The molecule has 0 fully saturated rings. The minimum absolute atomic E-state index is 0.165. The predicted molar refractivity (Wildman–Crippen MR) is 131 cm³/mol. The number of nitrogens with zero attached hydrogens (tertiary/aromatic N) is 3. The van der Waals surface area contributed by atoms with Crippen LogP contribution in [0.5, 0.6) is 0 Å². The van der Waals surface area contributed by atoms with E-state index in [2.05, 4.69) is 5.10 Å². The second kappa shape index (κ2) is 10.4. The number of hydrogen-bond acceptors (Lipinski definition) is 4. The van der Waals surface area contributed by atoms with Crippen LogP contribution in [0.15, 0.2) is 47.6 Å². The number of carbonyl (C=O) groups excluding carboxylic acids is 1. The third-order valence-corrected chi connectivity index (χ3v) is 6.37. The zero-order valence-electron chi connectivity index (χ0n) is 21.6. The lowest BCUT2D eigenvalue weighted by atomic mass is 9.93. The minimum atomic E-state index is -6.00. The van der Waals surface area contributed by atoms with E-state index in [1.165, 1.54) is 17.0 Å². The van der Waals surface area contributed by atoms with Crippen LogP contribution in [0.4, 0.5) is 45.6 Å². The third-order valence-electron chi connectivity index (χ3n) is 6.37. The molecule has 0 spiro atoms. The van der Waals surface area contributed by atoms with Crippen molar-refractivity contribution in [2.45, 2.75) is 57.4 Å². The third kappa shape index (κ3) is 5.92. The highest BCUT2D eigenvalue weighted by Crippen LogP contribution is 2.46. The molecule has 0 aliphatic carbocycles. The maximum absolute atomic E-state index is 15.1. The number of carbonyl (C=O) groups is 1. The Labute approximate surface area is 224 Å². The second-order valence-electron chi connectivity index (χ2n) is 10.4. The molecule has 1 unspecified atom stereocenters. The Bertz CT molecular complexity index is 1360. The van der Waals surface area contributed by atoms with Crippen LogP contribution in [0, 0.1) is 17.5 Å². The van der Waals surface area contributed by atoms with Gasteiger partial charge in [-0.25, -0.2) is 18.0 Å². The molecule has 4 rings (SSSR count). The first-order chi connectivity index (χ1) is 18.5. The molecule has 1 amide bonds. The van der Waals surface area contributed by atoms with Gasteiger partial charge in [0.1, 0.15) is 22.9 Å². The Hall–Kier alpha value is -3.64. The fourth-order valence-corrected chi connectivity index (χ4v) is 4.42. The molecule has 2 aliphatic rings. The summed E-state index contributed by atoms with van der Waals surface area (Å²) in [7, 11) is 0. The van der Waals surface area contributed by atoms with Crippen molar-refractivity contribution < 1.29 is 44.7 Å². The monoisotopic (exact) mass is 575 g/mol. The Kier molecular flexibility index (Phi) is 7.63. The SMILES string of the molecule is CC(C)(C)OC(=O)N1CC=C(c2ccc(F)c(C3CC(C(F)(F)C(F)(F)F)=NN3c3ccc(F)cc3F)c2)CC1. The molecule has 5 nitrogen and oxygen atoms in total. The largest absolute Gasteiger partial charge is 0.459 e. The molecule has 2 aromatic rings. The Balaban J connectivity index is 1.69. The van der Waals surface area contributed by atoms with Crippen molar-refractivity contribution >= 4 is 23.1 Å². The number of hydrazone groups is 1. The molecule has 0 aromatic heterocycles. The maximum atomic E-state index is 15.1. The van der Waals surface area contributed by atoms with Crippen LogP contribution in [0.3, 0.4) is 0 Å². The molecule has 0 saturated heterocycles. The van der Waals surface area contributed by atoms with Crippen molar-refractivity contribution in [3.63, 3.8) is 0 Å². The van der Waals surface area contributed by atoms with E-state index in [4.69, 9.17) is 4.74 Å². The summed E-state index contributed by atoms with van der Waals surface area (Å²) in [5, 5.41) is 3.88. The molecule has 2 aliphatic heterocycles. The molecular formula is C27H25F8N3O2. The first-order valence-electron chi connectivity index (χ1n) is 12.2. The smallest absolute Gasteiger partial charge is 0.444 e. The summed E-state index contributed by atoms with van der Waals surface area (Å²) in [5.74, 6) is -8.61. The van der Waals surface area contributed by atoms with Crippen LogP contribution in [-0.2, 0) is 4.74 Å². The van der Waals surface area contributed by atoms with E-state index in [1.807, 2.05) is 0 Å². The molecular weight excluding hydrogens is 550 g/mol. The fraction of sp³-hybridized carbons (Fsp3) is 0.407. The van der Waals surface area contributed by atoms with Crippen LogP contribution in [-0.4, -0.2) is 47.5 Å². The highest BCUT2D eigenvalue weighted by Gasteiger charge is 2.63. The molecule has 1 atom stereocenters. The van der Waals surface area contributed by atoms with E-state index in [0.717, 1.165) is 18.2 Å². The summed E-state index contributed by atoms with van der Waals surface area (Å²) in [4.78, 5) is 13.8. The lowest BCUT2D eigenvalue weighted by Crippen LogP contribution is -2.43. The Morgan fingerprint density at radius 1 is 0.975 bits per heavy atom. The van der Waals surface area contributed by atoms with Gasteiger partial charge in [0.25, 0.3) is 0 Å². The summed E-state index contributed by atoms with van der Waals surface area (Å²) < 4.78 is 117. The molecule has 216 valence electrons. The van der Waals surface area contributed by atoms with Crippen molar-refractivity contribution in [2.24, 2.45) is 5.10 Å². The highest BCUT2D eigenvalue weighted by molar-refractivity contribution is 5.95. The van der Waals surface area contributed by atoms with Gasteiger partial charge in [0.15, 0.2) is 5.82 Å². The minimum Gasteiger partial charge on any atom is -0.444 e. The van der Waals surface area contributed by atoms with E-state index >= 15 is 4.39 Å². The van der Waals surface area contributed by atoms with Gasteiger partial charge in [-0.05, 0) is 62.6 Å². The quantitative estimate of drug-likeness (QED) is 0.352. The van der Waals surface area contributed by atoms with Crippen LogP contribution in [0.1, 0.15) is 50.8 Å². The summed E-state index contributed by atoms with van der Waals surface area (Å²) in [6, 6.07) is 4.12. The summed E-state index contributed by atoms with van der Waals surface area (Å²) >= 11 is 0. The maximum Gasteiger partial charge on any atom is 0.459 e. The van der Waals surface area contributed by atoms with Crippen molar-refractivity contribution in [3.05, 3.63) is 71.1 Å². The predicted octanol–water partition coefficient (Wildman–Crippen LogP) is 7.63. The molecule has 13 heteroatoms. The first-order valence-corrected chi connectivity index (χ1v) is 12.2. The van der Waals surface area contributed by atoms with Gasteiger partial charge >= 0.3 is 18.2 Å². The van der Waals surface area contributed by atoms with Crippen LogP contribution < -0.4 is 5.01 Å². The molecule has 40 heavy (non-hydrogen) atoms. The Morgan fingerprint density at radius 3 is 2.25 bits per heavy atom. The standard InChI is InChI=1S/C27H25F8N3O2/c1-25(2,3)40-24(39)37-10-8-15(9-11-37)16-4-6-19(29)18(12-16)22-14-23(26(31,32)27(33,34)35)36-38(22)21-7-5-17(28)13-20(21)30/h4-8,12-13,22H,9-11,14H2,1-3H3. The van der Waals surface area contributed by atoms with Crippen molar-refractivity contribution in [3.8, 4) is 0 Å². The lowest BCUT2D eigenvalue weighted by molar-refractivity contribution is -0.249. The van der Waals surface area contributed by atoms with Gasteiger partial charge in [0, 0.05) is 31.1 Å². The van der Waals surface area contributed by atoms with Gasteiger partial charge in [-0.15, -0.1) is 0 Å². The lowest BCUT2D eigenvalue weighted by Gasteiger charge is -2.30. The molecule has 0 saturated carbocycles.